The first-order chi connectivity index (χ1) is 11.3. The van der Waals surface area contributed by atoms with E-state index in [0.717, 1.165) is 21.6 Å². The zero-order valence-corrected chi connectivity index (χ0v) is 13.5. The van der Waals surface area contributed by atoms with Crippen molar-refractivity contribution in [1.82, 2.24) is 0 Å². The van der Waals surface area contributed by atoms with Crippen LogP contribution < -0.4 is 0 Å². The minimum Gasteiger partial charge on any atom is -0.465 e. The highest BCUT2D eigenvalue weighted by molar-refractivity contribution is 7.15. The largest absolute Gasteiger partial charge is 0.465 e. The Balaban J connectivity index is 2.07. The average molecular weight is 320 g/mol. The van der Waals surface area contributed by atoms with E-state index in [-0.39, 0.29) is 5.97 Å². The summed E-state index contributed by atoms with van der Waals surface area (Å²) in [6.45, 7) is 0. The van der Waals surface area contributed by atoms with Crippen molar-refractivity contribution in [1.29, 1.82) is 0 Å². The van der Waals surface area contributed by atoms with Crippen LogP contribution in [-0.2, 0) is 4.74 Å². The fourth-order valence-electron chi connectivity index (χ4n) is 2.32. The number of hydrogen-bond acceptors (Lipinski definition) is 3. The van der Waals surface area contributed by atoms with Crippen molar-refractivity contribution in [2.24, 2.45) is 0 Å². The second-order valence-electron chi connectivity index (χ2n) is 4.99. The highest BCUT2D eigenvalue weighted by Gasteiger charge is 2.13. The van der Waals surface area contributed by atoms with E-state index in [4.69, 9.17) is 4.74 Å². The molecule has 3 heteroatoms. The van der Waals surface area contributed by atoms with Gasteiger partial charge < -0.3 is 4.74 Å². The first-order valence-electron chi connectivity index (χ1n) is 7.28. The van der Waals surface area contributed by atoms with Crippen molar-refractivity contribution in [3.05, 3.63) is 93.7 Å². The van der Waals surface area contributed by atoms with Crippen LogP contribution in [0.1, 0.15) is 25.7 Å². The van der Waals surface area contributed by atoms with Crippen LogP contribution in [0.15, 0.2) is 72.8 Å². The number of methoxy groups -OCH3 is 1. The molecule has 0 aliphatic heterocycles. The summed E-state index contributed by atoms with van der Waals surface area (Å²) in [5, 5.41) is 0. The molecule has 0 saturated heterocycles. The van der Waals surface area contributed by atoms with Crippen LogP contribution in [0, 0.1) is 0 Å². The van der Waals surface area contributed by atoms with Crippen molar-refractivity contribution in [2.45, 2.75) is 0 Å². The maximum Gasteiger partial charge on any atom is 0.348 e. The molecular weight excluding hydrogens is 304 g/mol. The average Bonchev–Trinajstić information content (AvgIpc) is 3.10. The maximum atomic E-state index is 11.7. The molecule has 23 heavy (non-hydrogen) atoms. The molecule has 0 spiro atoms. The van der Waals surface area contributed by atoms with Crippen molar-refractivity contribution < 1.29 is 9.53 Å². The Morgan fingerprint density at radius 2 is 1.48 bits per heavy atom. The number of ether oxygens (including phenoxy) is 1. The monoisotopic (exact) mass is 320 g/mol. The molecule has 1 aromatic heterocycles. The standard InChI is InChI=1S/C20H16O2S/c1-22-20(21)19-13-12-18(23-19)17(16-10-6-3-7-11-16)14-15-8-4-2-5-9-15/h2-14H,1H3/b17-14+. The zero-order valence-electron chi connectivity index (χ0n) is 12.7. The van der Waals surface area contributed by atoms with Gasteiger partial charge in [0.25, 0.3) is 0 Å². The van der Waals surface area contributed by atoms with Gasteiger partial charge in [0.15, 0.2) is 0 Å². The zero-order chi connectivity index (χ0) is 16.1. The number of esters is 1. The van der Waals surface area contributed by atoms with Gasteiger partial charge in [0.1, 0.15) is 4.88 Å². The van der Waals surface area contributed by atoms with Gasteiger partial charge in [-0.1, -0.05) is 60.7 Å². The summed E-state index contributed by atoms with van der Waals surface area (Å²) in [4.78, 5) is 13.4. The fourth-order valence-corrected chi connectivity index (χ4v) is 3.29. The van der Waals surface area contributed by atoms with Gasteiger partial charge in [0.05, 0.1) is 7.11 Å². The van der Waals surface area contributed by atoms with Gasteiger partial charge >= 0.3 is 5.97 Å². The molecule has 0 bridgehead atoms. The van der Waals surface area contributed by atoms with E-state index in [1.165, 1.54) is 18.4 Å². The summed E-state index contributed by atoms with van der Waals surface area (Å²) < 4.78 is 4.81. The van der Waals surface area contributed by atoms with E-state index in [9.17, 15) is 4.79 Å². The van der Waals surface area contributed by atoms with Gasteiger partial charge in [0, 0.05) is 4.88 Å². The molecule has 0 radical (unpaired) electrons. The third-order valence-corrected chi connectivity index (χ3v) is 4.55. The molecule has 3 rings (SSSR count). The second-order valence-corrected chi connectivity index (χ2v) is 6.07. The maximum absolute atomic E-state index is 11.7. The second kappa shape index (κ2) is 7.07. The number of hydrogen-bond donors (Lipinski definition) is 0. The first kappa shape index (κ1) is 15.3. The Labute approximate surface area is 139 Å². The SMILES string of the molecule is COC(=O)c1ccc(/C(=C/c2ccccc2)c2ccccc2)s1. The summed E-state index contributed by atoms with van der Waals surface area (Å²) in [5.74, 6) is -0.298. The molecule has 0 aliphatic rings. The first-order valence-corrected chi connectivity index (χ1v) is 8.10. The van der Waals surface area contributed by atoms with Gasteiger partial charge in [0.2, 0.25) is 0 Å². The predicted octanol–water partition coefficient (Wildman–Crippen LogP) is 5.12. The lowest BCUT2D eigenvalue weighted by Crippen LogP contribution is -1.96. The molecule has 114 valence electrons. The van der Waals surface area contributed by atoms with Crippen LogP contribution in [0.2, 0.25) is 0 Å². The number of carbonyl (C=O) groups excluding carboxylic acids is 1. The topological polar surface area (TPSA) is 26.3 Å². The Kier molecular flexibility index (Phi) is 4.69. The third kappa shape index (κ3) is 3.58. The summed E-state index contributed by atoms with van der Waals surface area (Å²) in [5.41, 5.74) is 3.34. The Morgan fingerprint density at radius 3 is 2.13 bits per heavy atom. The van der Waals surface area contributed by atoms with Gasteiger partial charge in [-0.3, -0.25) is 0 Å². The van der Waals surface area contributed by atoms with Crippen LogP contribution in [0.5, 0.6) is 0 Å². The number of carbonyl (C=O) groups is 1. The van der Waals surface area contributed by atoms with E-state index in [1.807, 2.05) is 48.5 Å². The van der Waals surface area contributed by atoms with Gasteiger partial charge in [-0.15, -0.1) is 11.3 Å². The van der Waals surface area contributed by atoms with Crippen LogP contribution in [0.25, 0.3) is 11.6 Å². The molecule has 0 fully saturated rings. The highest BCUT2D eigenvalue weighted by atomic mass is 32.1. The number of rotatable bonds is 4. The molecule has 0 amide bonds. The van der Waals surface area contributed by atoms with Gasteiger partial charge in [-0.05, 0) is 34.9 Å². The van der Waals surface area contributed by atoms with E-state index < -0.39 is 0 Å². The van der Waals surface area contributed by atoms with Crippen LogP contribution in [0.4, 0.5) is 0 Å². The lowest BCUT2D eigenvalue weighted by Gasteiger charge is -2.06. The lowest BCUT2D eigenvalue weighted by atomic mass is 10.0. The predicted molar refractivity (Wildman–Crippen MR) is 95.5 cm³/mol. The Bertz CT molecular complexity index is 817. The van der Waals surface area contributed by atoms with Crippen LogP contribution in [0.3, 0.4) is 0 Å². The van der Waals surface area contributed by atoms with E-state index in [1.54, 1.807) is 0 Å². The quantitative estimate of drug-likeness (QED) is 0.492. The normalized spacial score (nSPS) is 11.3. The lowest BCUT2D eigenvalue weighted by molar-refractivity contribution is 0.0606. The molecule has 1 heterocycles. The minimum absolute atomic E-state index is 0.298. The van der Waals surface area contributed by atoms with Crippen molar-refractivity contribution >= 4 is 29.0 Å². The van der Waals surface area contributed by atoms with Crippen molar-refractivity contribution in [3.63, 3.8) is 0 Å². The van der Waals surface area contributed by atoms with E-state index in [2.05, 4.69) is 30.3 Å². The number of thiophene rings is 1. The fraction of sp³-hybridized carbons (Fsp3) is 0.0500. The van der Waals surface area contributed by atoms with Crippen molar-refractivity contribution in [2.75, 3.05) is 7.11 Å². The van der Waals surface area contributed by atoms with Crippen LogP contribution in [-0.4, -0.2) is 13.1 Å². The van der Waals surface area contributed by atoms with Crippen LogP contribution >= 0.6 is 11.3 Å². The molecule has 0 aliphatic carbocycles. The summed E-state index contributed by atoms with van der Waals surface area (Å²) in [6, 6.07) is 24.1. The molecule has 3 aromatic rings. The molecule has 2 nitrogen and oxygen atoms in total. The molecule has 0 atom stereocenters. The molecule has 0 N–H and O–H groups in total. The number of benzene rings is 2. The van der Waals surface area contributed by atoms with Gasteiger partial charge in [-0.2, -0.15) is 0 Å². The van der Waals surface area contributed by atoms with Gasteiger partial charge in [-0.25, -0.2) is 4.79 Å². The molecule has 0 unspecified atom stereocenters. The summed E-state index contributed by atoms with van der Waals surface area (Å²) in [6.07, 6.45) is 2.14. The minimum atomic E-state index is -0.298. The third-order valence-electron chi connectivity index (χ3n) is 3.45. The molecular formula is C20H16O2S. The highest BCUT2D eigenvalue weighted by Crippen LogP contribution is 2.31. The molecule has 2 aromatic carbocycles. The Hall–Kier alpha value is -2.65. The Morgan fingerprint density at radius 1 is 0.870 bits per heavy atom. The summed E-state index contributed by atoms with van der Waals surface area (Å²) >= 11 is 1.44. The molecule has 0 saturated carbocycles. The summed E-state index contributed by atoms with van der Waals surface area (Å²) in [7, 11) is 1.40. The van der Waals surface area contributed by atoms with Crippen molar-refractivity contribution in [3.8, 4) is 0 Å². The smallest absolute Gasteiger partial charge is 0.348 e. The van der Waals surface area contributed by atoms with E-state index >= 15 is 0 Å². The van der Waals surface area contributed by atoms with E-state index in [0.29, 0.717) is 4.88 Å².